The van der Waals surface area contributed by atoms with Crippen LogP contribution in [-0.4, -0.2) is 23.0 Å². The highest BCUT2D eigenvalue weighted by Crippen LogP contribution is 2.39. The van der Waals surface area contributed by atoms with Crippen LogP contribution in [-0.2, 0) is 6.54 Å². The number of hydrogen-bond donors (Lipinski definition) is 0. The van der Waals surface area contributed by atoms with Crippen LogP contribution in [0.5, 0.6) is 0 Å². The molecule has 86 valence electrons. The molecule has 0 atom stereocenters. The highest BCUT2D eigenvalue weighted by Gasteiger charge is 2.25. The summed E-state index contributed by atoms with van der Waals surface area (Å²) in [6.07, 6.45) is 5.44. The molecule has 2 heterocycles. The lowest BCUT2D eigenvalue weighted by Crippen LogP contribution is -2.18. The number of nitrogens with zero attached hydrogens (tertiary/aromatic N) is 2. The molecule has 16 heavy (non-hydrogen) atoms. The minimum atomic E-state index is 0.775. The lowest BCUT2D eigenvalue weighted by Gasteiger charge is -2.15. The Labute approximate surface area is 97.7 Å². The van der Waals surface area contributed by atoms with Crippen molar-refractivity contribution in [3.05, 3.63) is 29.1 Å². The molecule has 0 amide bonds. The molecule has 1 aliphatic heterocycles. The van der Waals surface area contributed by atoms with Crippen LogP contribution in [0.1, 0.15) is 48.6 Å². The molecule has 2 aliphatic rings. The molecule has 0 radical (unpaired) electrons. The molecule has 0 unspecified atom stereocenters. The Morgan fingerprint density at radius 2 is 2.00 bits per heavy atom. The molecule has 0 N–H and O–H groups in total. The molecule has 2 heteroatoms. The van der Waals surface area contributed by atoms with Crippen LogP contribution in [0.3, 0.4) is 0 Å². The number of rotatable bonds is 3. The number of aryl methyl sites for hydroxylation is 1. The summed E-state index contributed by atoms with van der Waals surface area (Å²) in [5, 5.41) is 0. The molecule has 3 rings (SSSR count). The smallest absolute Gasteiger partial charge is 0.0440 e. The molecular formula is C14H20N2. The van der Waals surface area contributed by atoms with E-state index in [0.717, 1.165) is 12.5 Å². The van der Waals surface area contributed by atoms with E-state index in [1.165, 1.54) is 55.7 Å². The molecule has 0 spiro atoms. The van der Waals surface area contributed by atoms with Crippen LogP contribution < -0.4 is 0 Å². The Bertz CT molecular complexity index is 376. The Morgan fingerprint density at radius 3 is 2.69 bits per heavy atom. The lowest BCUT2D eigenvalue weighted by atomic mass is 10.1. The normalized spacial score (nSPS) is 21.6. The maximum Gasteiger partial charge on any atom is 0.0440 e. The van der Waals surface area contributed by atoms with Crippen molar-refractivity contribution in [3.8, 4) is 0 Å². The van der Waals surface area contributed by atoms with Crippen molar-refractivity contribution >= 4 is 0 Å². The van der Waals surface area contributed by atoms with Gasteiger partial charge in [0, 0.05) is 23.9 Å². The van der Waals surface area contributed by atoms with Gasteiger partial charge >= 0.3 is 0 Å². The predicted octanol–water partition coefficient (Wildman–Crippen LogP) is 2.86. The second kappa shape index (κ2) is 4.17. The molecule has 1 aromatic rings. The van der Waals surface area contributed by atoms with Gasteiger partial charge in [-0.1, -0.05) is 0 Å². The molecule has 0 aromatic carbocycles. The van der Waals surface area contributed by atoms with Crippen LogP contribution in [0.2, 0.25) is 0 Å². The number of pyridine rings is 1. The molecule has 1 aromatic heterocycles. The highest BCUT2D eigenvalue weighted by atomic mass is 15.1. The van der Waals surface area contributed by atoms with Gasteiger partial charge in [-0.25, -0.2) is 0 Å². The fourth-order valence-corrected chi connectivity index (χ4v) is 2.65. The second-order valence-corrected chi connectivity index (χ2v) is 5.30. The minimum Gasteiger partial charge on any atom is -0.299 e. The van der Waals surface area contributed by atoms with Gasteiger partial charge in [0.2, 0.25) is 0 Å². The predicted molar refractivity (Wildman–Crippen MR) is 65.5 cm³/mol. The zero-order valence-electron chi connectivity index (χ0n) is 10.1. The number of hydrogen-bond acceptors (Lipinski definition) is 2. The van der Waals surface area contributed by atoms with Gasteiger partial charge < -0.3 is 0 Å². The van der Waals surface area contributed by atoms with E-state index < -0.39 is 0 Å². The average Bonchev–Trinajstić information content (AvgIpc) is 2.98. The van der Waals surface area contributed by atoms with Crippen LogP contribution in [0.15, 0.2) is 12.1 Å². The van der Waals surface area contributed by atoms with E-state index in [2.05, 4.69) is 28.9 Å². The van der Waals surface area contributed by atoms with Crippen molar-refractivity contribution in [2.75, 3.05) is 13.1 Å². The monoisotopic (exact) mass is 216 g/mol. The Hall–Kier alpha value is -0.890. The van der Waals surface area contributed by atoms with E-state index in [4.69, 9.17) is 0 Å². The highest BCUT2D eigenvalue weighted by molar-refractivity contribution is 5.25. The Kier molecular flexibility index (Phi) is 2.68. The fourth-order valence-electron chi connectivity index (χ4n) is 2.65. The summed E-state index contributed by atoms with van der Waals surface area (Å²) >= 11 is 0. The van der Waals surface area contributed by atoms with Crippen LogP contribution in [0, 0.1) is 6.92 Å². The zero-order valence-corrected chi connectivity index (χ0v) is 10.1. The summed E-state index contributed by atoms with van der Waals surface area (Å²) < 4.78 is 0. The SMILES string of the molecule is Cc1cc(CN2CCCC2)cc(C2CC2)n1. The first kappa shape index (κ1) is 10.3. The summed E-state index contributed by atoms with van der Waals surface area (Å²) in [4.78, 5) is 7.21. The van der Waals surface area contributed by atoms with Gasteiger partial charge in [-0.15, -0.1) is 0 Å². The average molecular weight is 216 g/mol. The number of likely N-dealkylation sites (tertiary alicyclic amines) is 1. The van der Waals surface area contributed by atoms with Crippen LogP contribution >= 0.6 is 0 Å². The first-order chi connectivity index (χ1) is 7.81. The summed E-state index contributed by atoms with van der Waals surface area (Å²) in [5.41, 5.74) is 4.00. The van der Waals surface area contributed by atoms with Gasteiger partial charge in [-0.2, -0.15) is 0 Å². The fraction of sp³-hybridized carbons (Fsp3) is 0.643. The maximum absolute atomic E-state index is 4.65. The van der Waals surface area contributed by atoms with Gasteiger partial charge in [0.05, 0.1) is 0 Å². The zero-order chi connectivity index (χ0) is 11.0. The summed E-state index contributed by atoms with van der Waals surface area (Å²) in [7, 11) is 0. The van der Waals surface area contributed by atoms with Crippen molar-refractivity contribution in [1.29, 1.82) is 0 Å². The summed E-state index contributed by atoms with van der Waals surface area (Å²) in [6.45, 7) is 5.81. The first-order valence-corrected chi connectivity index (χ1v) is 6.51. The minimum absolute atomic E-state index is 0.775. The quantitative estimate of drug-likeness (QED) is 0.772. The van der Waals surface area contributed by atoms with E-state index >= 15 is 0 Å². The van der Waals surface area contributed by atoms with Crippen molar-refractivity contribution in [1.82, 2.24) is 9.88 Å². The van der Waals surface area contributed by atoms with E-state index in [0.29, 0.717) is 0 Å². The van der Waals surface area contributed by atoms with Gasteiger partial charge in [0.25, 0.3) is 0 Å². The van der Waals surface area contributed by atoms with Gasteiger partial charge in [0.15, 0.2) is 0 Å². The van der Waals surface area contributed by atoms with Crippen molar-refractivity contribution in [2.24, 2.45) is 0 Å². The molecule has 2 nitrogen and oxygen atoms in total. The molecule has 1 saturated heterocycles. The van der Waals surface area contributed by atoms with Gasteiger partial charge in [0.1, 0.15) is 0 Å². The van der Waals surface area contributed by atoms with Crippen molar-refractivity contribution < 1.29 is 0 Å². The topological polar surface area (TPSA) is 16.1 Å². The van der Waals surface area contributed by atoms with Crippen LogP contribution in [0.25, 0.3) is 0 Å². The molecular weight excluding hydrogens is 196 g/mol. The molecule has 1 aliphatic carbocycles. The van der Waals surface area contributed by atoms with E-state index in [1.54, 1.807) is 0 Å². The second-order valence-electron chi connectivity index (χ2n) is 5.30. The third-order valence-corrected chi connectivity index (χ3v) is 3.63. The molecule has 0 bridgehead atoms. The Balaban J connectivity index is 1.76. The largest absolute Gasteiger partial charge is 0.299 e. The van der Waals surface area contributed by atoms with Crippen molar-refractivity contribution in [3.63, 3.8) is 0 Å². The van der Waals surface area contributed by atoms with Gasteiger partial charge in [-0.3, -0.25) is 9.88 Å². The third-order valence-electron chi connectivity index (χ3n) is 3.63. The van der Waals surface area contributed by atoms with Gasteiger partial charge in [-0.05, 0) is 63.4 Å². The summed E-state index contributed by atoms with van der Waals surface area (Å²) in [5.74, 6) is 0.775. The van der Waals surface area contributed by atoms with E-state index in [1.807, 2.05) is 0 Å². The van der Waals surface area contributed by atoms with Crippen LogP contribution in [0.4, 0.5) is 0 Å². The first-order valence-electron chi connectivity index (χ1n) is 6.51. The maximum atomic E-state index is 4.65. The lowest BCUT2D eigenvalue weighted by molar-refractivity contribution is 0.331. The summed E-state index contributed by atoms with van der Waals surface area (Å²) in [6, 6.07) is 4.59. The van der Waals surface area contributed by atoms with E-state index in [9.17, 15) is 0 Å². The standard InChI is InChI=1S/C14H20N2/c1-11-8-12(10-16-6-2-3-7-16)9-14(15-11)13-4-5-13/h8-9,13H,2-7,10H2,1H3. The van der Waals surface area contributed by atoms with E-state index in [-0.39, 0.29) is 0 Å². The molecule has 1 saturated carbocycles. The Morgan fingerprint density at radius 1 is 1.25 bits per heavy atom. The third kappa shape index (κ3) is 2.27. The van der Waals surface area contributed by atoms with Crippen molar-refractivity contribution in [2.45, 2.75) is 45.1 Å². The number of aromatic nitrogens is 1. The molecule has 2 fully saturated rings.